The molecule has 0 heterocycles. The van der Waals surface area contributed by atoms with E-state index in [9.17, 15) is 30.0 Å². The number of benzene rings is 4. The van der Waals surface area contributed by atoms with Gasteiger partial charge >= 0.3 is 20.2 Å². The van der Waals surface area contributed by atoms with Gasteiger partial charge in [0.15, 0.2) is 17.3 Å². The fraction of sp³-hybridized carbons (Fsp3) is 0.0385. The van der Waals surface area contributed by atoms with E-state index in [1.807, 2.05) is 0 Å². The fourth-order valence-electron chi connectivity index (χ4n) is 3.43. The van der Waals surface area contributed by atoms with Crippen LogP contribution in [0, 0.1) is 0 Å². The van der Waals surface area contributed by atoms with Crippen molar-refractivity contribution in [3.63, 3.8) is 0 Å². The third kappa shape index (κ3) is 8.55. The number of Topliss-reactive ketones (excluding diaryl/α,β-unsaturated/α-hetero) is 1. The third-order valence-electron chi connectivity index (χ3n) is 5.50. The Morgan fingerprint density at radius 2 is 0.911 bits per heavy atom. The van der Waals surface area contributed by atoms with Crippen molar-refractivity contribution in [3.8, 4) is 11.5 Å². The summed E-state index contributed by atoms with van der Waals surface area (Å²) in [4.78, 5) is 11.3. The van der Waals surface area contributed by atoms with Crippen LogP contribution in [-0.4, -0.2) is 37.6 Å². The first-order valence-electron chi connectivity index (χ1n) is 11.7. The average molecular weight is 795 g/mol. The summed E-state index contributed by atoms with van der Waals surface area (Å²) >= 11 is 35.6. The van der Waals surface area contributed by atoms with Crippen molar-refractivity contribution >= 4 is 106 Å². The first-order chi connectivity index (χ1) is 20.9. The van der Waals surface area contributed by atoms with Gasteiger partial charge in [0.25, 0.3) is 10.1 Å². The van der Waals surface area contributed by atoms with Crippen LogP contribution in [-0.2, 0) is 34.5 Å². The van der Waals surface area contributed by atoms with Crippen LogP contribution in [0.25, 0.3) is 0 Å². The lowest BCUT2D eigenvalue weighted by Crippen LogP contribution is -2.17. The maximum Gasteiger partial charge on any atom is 0.340 e. The summed E-state index contributed by atoms with van der Waals surface area (Å²) in [7, 11) is -14.2. The molecule has 19 heteroatoms. The number of carbonyl (C=O) groups is 1. The molecule has 4 aromatic rings. The Balaban J connectivity index is 1.73. The van der Waals surface area contributed by atoms with Crippen LogP contribution in [0.3, 0.4) is 0 Å². The zero-order valence-electron chi connectivity index (χ0n) is 21.7. The number of hydrogen-bond acceptors (Lipinski definition) is 10. The number of ketones is 1. The van der Waals surface area contributed by atoms with E-state index in [4.69, 9.17) is 82.2 Å². The molecule has 0 saturated heterocycles. The largest absolute Gasteiger partial charge is 0.375 e. The van der Waals surface area contributed by atoms with Gasteiger partial charge in [-0.2, -0.15) is 25.3 Å². The molecular weight excluding hydrogens is 781 g/mol. The minimum Gasteiger partial charge on any atom is -0.375 e. The summed E-state index contributed by atoms with van der Waals surface area (Å²) in [5.41, 5.74) is -0.379. The van der Waals surface area contributed by atoms with Crippen molar-refractivity contribution in [2.24, 2.45) is 0 Å². The van der Waals surface area contributed by atoms with Crippen LogP contribution in [0.2, 0.25) is 30.1 Å². The highest BCUT2D eigenvalue weighted by atomic mass is 35.5. The van der Waals surface area contributed by atoms with E-state index in [0.717, 1.165) is 36.4 Å². The van der Waals surface area contributed by atoms with Gasteiger partial charge in [0, 0.05) is 20.6 Å². The molecule has 0 spiro atoms. The molecule has 10 nitrogen and oxygen atoms in total. The first kappa shape index (κ1) is 35.6. The highest BCUT2D eigenvalue weighted by molar-refractivity contribution is 7.87. The summed E-state index contributed by atoms with van der Waals surface area (Å²) in [6.45, 7) is -1.09. The minimum atomic E-state index is -4.85. The number of carbonyl (C=O) groups excluding carboxylic acids is 1. The Labute approximate surface area is 287 Å². The topological polar surface area (TPSA) is 147 Å². The van der Waals surface area contributed by atoms with E-state index in [-0.39, 0.29) is 35.7 Å². The SMILES string of the molecule is O=C(COS(=O)(=O)c1cc(Cl)ccc1Cl)c1ccc(OS(=O)(=O)c2cc(Cl)ccc2Cl)c(OS(=O)(=O)c2cc(Cl)ccc2Cl)c1. The molecule has 0 unspecified atom stereocenters. The van der Waals surface area contributed by atoms with Crippen LogP contribution >= 0.6 is 69.6 Å². The summed E-state index contributed by atoms with van der Waals surface area (Å²) in [6.07, 6.45) is 0. The van der Waals surface area contributed by atoms with Crippen molar-refractivity contribution in [3.05, 3.63) is 108 Å². The van der Waals surface area contributed by atoms with Crippen molar-refractivity contribution in [2.45, 2.75) is 14.7 Å². The lowest BCUT2D eigenvalue weighted by atomic mass is 10.1. The molecule has 0 saturated carbocycles. The Morgan fingerprint density at radius 3 is 1.36 bits per heavy atom. The first-order valence-corrected chi connectivity index (χ1v) is 18.2. The van der Waals surface area contributed by atoms with Crippen LogP contribution in [0.5, 0.6) is 11.5 Å². The predicted molar refractivity (Wildman–Crippen MR) is 169 cm³/mol. The van der Waals surface area contributed by atoms with Crippen molar-refractivity contribution in [2.75, 3.05) is 6.61 Å². The molecule has 0 N–H and O–H groups in total. The lowest BCUT2D eigenvalue weighted by Gasteiger charge is -2.15. The Bertz CT molecular complexity index is 2160. The number of rotatable bonds is 11. The van der Waals surface area contributed by atoms with Gasteiger partial charge in [-0.15, -0.1) is 0 Å². The number of hydrogen-bond donors (Lipinski definition) is 0. The molecule has 0 atom stereocenters. The summed E-state index contributed by atoms with van der Waals surface area (Å²) < 4.78 is 93.0. The standard InChI is InChI=1S/C26H14Cl6O10S3/c27-15-2-5-18(30)24(10-15)43(34,35)40-13-21(33)14-1-8-22(41-44(36,37)25-11-16(28)3-6-19(25)31)23(9-14)42-45(38,39)26-12-17(29)4-7-20(26)32/h1-12H,13H2. The van der Waals surface area contributed by atoms with Crippen LogP contribution in [0.1, 0.15) is 10.4 Å². The van der Waals surface area contributed by atoms with E-state index >= 15 is 0 Å². The second kappa shape index (κ2) is 13.8. The Kier molecular flexibility index (Phi) is 10.9. The predicted octanol–water partition coefficient (Wildman–Crippen LogP) is 7.73. The second-order valence-electron chi connectivity index (χ2n) is 8.60. The van der Waals surface area contributed by atoms with E-state index in [0.29, 0.717) is 0 Å². The Hall–Kier alpha value is -2.30. The molecule has 0 aliphatic carbocycles. The molecule has 4 rings (SSSR count). The van der Waals surface area contributed by atoms with Gasteiger partial charge in [-0.1, -0.05) is 69.6 Å². The zero-order valence-corrected chi connectivity index (χ0v) is 28.7. The lowest BCUT2D eigenvalue weighted by molar-refractivity contribution is 0.0924. The molecular formula is C26H14Cl6O10S3. The molecule has 238 valence electrons. The molecule has 0 fully saturated rings. The van der Waals surface area contributed by atoms with Gasteiger partial charge in [0.2, 0.25) is 0 Å². The molecule has 4 aromatic carbocycles. The maximum absolute atomic E-state index is 13.2. The normalized spacial score (nSPS) is 12.1. The zero-order chi connectivity index (χ0) is 33.3. The van der Waals surface area contributed by atoms with Gasteiger partial charge in [-0.05, 0) is 72.8 Å². The fourth-order valence-corrected chi connectivity index (χ4v) is 8.38. The van der Waals surface area contributed by atoms with Gasteiger partial charge in [-0.3, -0.25) is 8.98 Å². The van der Waals surface area contributed by atoms with E-state index < -0.39 is 68.9 Å². The average Bonchev–Trinajstić information content (AvgIpc) is 2.96. The van der Waals surface area contributed by atoms with Crippen LogP contribution in [0.4, 0.5) is 0 Å². The second-order valence-corrected chi connectivity index (χ2v) is 15.7. The number of halogens is 6. The smallest absolute Gasteiger partial charge is 0.340 e. The van der Waals surface area contributed by atoms with Gasteiger partial charge < -0.3 is 8.37 Å². The van der Waals surface area contributed by atoms with Gasteiger partial charge in [0.05, 0.1) is 15.1 Å². The van der Waals surface area contributed by atoms with Gasteiger partial charge in [-0.25, -0.2) is 0 Å². The van der Waals surface area contributed by atoms with Gasteiger partial charge in [0.1, 0.15) is 21.3 Å². The molecule has 0 aromatic heterocycles. The summed E-state index contributed by atoms with van der Waals surface area (Å²) in [5, 5.41) is -0.810. The molecule has 0 bridgehead atoms. The van der Waals surface area contributed by atoms with E-state index in [1.165, 1.54) is 36.4 Å². The van der Waals surface area contributed by atoms with Crippen molar-refractivity contribution < 1.29 is 42.6 Å². The van der Waals surface area contributed by atoms with E-state index in [1.54, 1.807) is 0 Å². The highest BCUT2D eigenvalue weighted by Crippen LogP contribution is 2.37. The molecule has 0 radical (unpaired) electrons. The van der Waals surface area contributed by atoms with Crippen LogP contribution < -0.4 is 8.37 Å². The van der Waals surface area contributed by atoms with Crippen LogP contribution in [0.15, 0.2) is 87.5 Å². The quantitative estimate of drug-likeness (QED) is 0.109. The van der Waals surface area contributed by atoms with E-state index in [2.05, 4.69) is 0 Å². The maximum atomic E-state index is 13.2. The Morgan fingerprint density at radius 1 is 0.511 bits per heavy atom. The summed E-state index contributed by atoms with van der Waals surface area (Å²) in [6, 6.07) is 13.2. The van der Waals surface area contributed by atoms with Crippen molar-refractivity contribution in [1.29, 1.82) is 0 Å². The highest BCUT2D eigenvalue weighted by Gasteiger charge is 2.28. The molecule has 45 heavy (non-hydrogen) atoms. The third-order valence-corrected chi connectivity index (χ3v) is 11.4. The van der Waals surface area contributed by atoms with Crippen molar-refractivity contribution in [1.82, 2.24) is 0 Å². The summed E-state index contributed by atoms with van der Waals surface area (Å²) in [5.74, 6) is -2.55. The molecule has 0 aliphatic rings. The monoisotopic (exact) mass is 792 g/mol. The molecule has 0 amide bonds. The molecule has 0 aliphatic heterocycles. The minimum absolute atomic E-state index is 0.00816.